The first-order valence-electron chi connectivity index (χ1n) is 9.70. The zero-order chi connectivity index (χ0) is 22.9. The maximum atomic E-state index is 11.5. The second-order valence-corrected chi connectivity index (χ2v) is 7.57. The largest absolute Gasteiger partial charge is 0.477 e. The molecule has 164 valence electrons. The van der Waals surface area contributed by atoms with Crippen molar-refractivity contribution in [3.63, 3.8) is 0 Å². The van der Waals surface area contributed by atoms with Crippen molar-refractivity contribution in [2.45, 2.75) is 32.7 Å². The van der Waals surface area contributed by atoms with E-state index in [1.165, 1.54) is 0 Å². The predicted molar refractivity (Wildman–Crippen MR) is 104 cm³/mol. The van der Waals surface area contributed by atoms with Crippen molar-refractivity contribution in [2.24, 2.45) is 0 Å². The number of benzene rings is 2. The Bertz CT molecular complexity index is 969. The van der Waals surface area contributed by atoms with E-state index >= 15 is 0 Å². The number of halogens is 1. The first-order valence-corrected chi connectivity index (χ1v) is 10.9. The average Bonchev–Trinajstić information content (AvgIpc) is 2.72. The molecule has 1 aromatic heterocycles. The van der Waals surface area contributed by atoms with Crippen LogP contribution in [-0.4, -0.2) is 11.1 Å². The van der Waals surface area contributed by atoms with Gasteiger partial charge in [0.25, 0.3) is 0 Å². The third-order valence-electron chi connectivity index (χ3n) is 4.51. The van der Waals surface area contributed by atoms with Crippen LogP contribution in [-0.2, 0) is 17.8 Å². The number of hydrogen-bond donors (Lipinski definition) is 1. The van der Waals surface area contributed by atoms with E-state index in [1.54, 1.807) is 0 Å². The summed E-state index contributed by atoms with van der Waals surface area (Å²) in [6.45, 7) is 2.12. The van der Waals surface area contributed by atoms with Gasteiger partial charge >= 0.3 is 5.97 Å². The molecule has 0 aliphatic rings. The molecule has 1 heterocycles. The van der Waals surface area contributed by atoms with E-state index in [2.05, 4.69) is 31.2 Å². The molecular formula is C23H24ClNO6. The van der Waals surface area contributed by atoms with Gasteiger partial charge in [-0.1, -0.05) is 61.9 Å². The molecular weight excluding hydrogens is 422 g/mol. The van der Waals surface area contributed by atoms with Gasteiger partial charge in [0.05, 0.1) is 0 Å². The standard InChI is InChI=1S/C23H23NO2.ClHO4/c1-2-3-14-21-15-20(18-10-6-4-7-11-18)16-22(24(21)17-23(25)26)19-12-8-5-9-13-19;2-1(3,4)5/h4-13,15-16H,2-3,14,17H2,1H3;(H,2,3,4,5). The molecule has 2 aromatic carbocycles. The van der Waals surface area contributed by atoms with Crippen molar-refractivity contribution in [1.29, 1.82) is 0 Å². The Kier molecular flexibility index (Phi) is 9.11. The van der Waals surface area contributed by atoms with Gasteiger partial charge in [-0.2, -0.15) is 4.57 Å². The molecule has 0 unspecified atom stereocenters. The number of carboxylic acid groups (broad SMARTS) is 1. The molecule has 0 radical (unpaired) electrons. The number of hydrogen-bond acceptors (Lipinski definition) is 5. The van der Waals surface area contributed by atoms with Gasteiger partial charge in [-0.15, -0.1) is 10.2 Å². The van der Waals surface area contributed by atoms with Crippen LogP contribution in [0.2, 0.25) is 0 Å². The molecule has 0 saturated carbocycles. The molecule has 0 aliphatic carbocycles. The average molecular weight is 446 g/mol. The third kappa shape index (κ3) is 8.45. The molecule has 3 aromatic rings. The summed E-state index contributed by atoms with van der Waals surface area (Å²) < 4.78 is 35.9. The van der Waals surface area contributed by atoms with Crippen molar-refractivity contribution >= 4 is 5.97 Å². The second kappa shape index (κ2) is 11.5. The Morgan fingerprint density at radius 3 is 1.87 bits per heavy atom. The lowest BCUT2D eigenvalue weighted by Crippen LogP contribution is -2.68. The fourth-order valence-electron chi connectivity index (χ4n) is 3.21. The summed E-state index contributed by atoms with van der Waals surface area (Å²) in [5.74, 6) is -0.822. The summed E-state index contributed by atoms with van der Waals surface area (Å²) in [6.07, 6.45) is 2.97. The zero-order valence-corrected chi connectivity index (χ0v) is 17.8. The van der Waals surface area contributed by atoms with Crippen LogP contribution in [0.1, 0.15) is 25.5 Å². The van der Waals surface area contributed by atoms with E-state index in [4.69, 9.17) is 18.6 Å². The Hall–Kier alpha value is -2.81. The molecule has 0 bridgehead atoms. The quantitative estimate of drug-likeness (QED) is 0.508. The number of rotatable bonds is 7. The number of aliphatic carboxylic acids is 1. The van der Waals surface area contributed by atoms with Crippen molar-refractivity contribution < 1.29 is 43.3 Å². The molecule has 0 spiro atoms. The first kappa shape index (κ1) is 24.5. The molecule has 31 heavy (non-hydrogen) atoms. The monoisotopic (exact) mass is 445 g/mol. The lowest BCUT2D eigenvalue weighted by Gasteiger charge is -2.17. The Balaban J connectivity index is 0.000000614. The molecule has 0 fully saturated rings. The van der Waals surface area contributed by atoms with Gasteiger partial charge in [-0.05, 0) is 29.7 Å². The van der Waals surface area contributed by atoms with Crippen LogP contribution in [0, 0.1) is 10.2 Å². The minimum atomic E-state index is -4.94. The SMILES string of the molecule is CCCCc1cc(-c2ccccc2)cc(-c2ccccc2)[n+]1CC(=O)O.[O-][Cl+3]([O-])([O-])[O-]. The van der Waals surface area contributed by atoms with E-state index in [9.17, 15) is 9.90 Å². The van der Waals surface area contributed by atoms with E-state index in [0.29, 0.717) is 0 Å². The summed E-state index contributed by atoms with van der Waals surface area (Å²) in [6, 6.07) is 24.5. The first-order chi connectivity index (χ1) is 14.7. The number of aromatic nitrogens is 1. The summed E-state index contributed by atoms with van der Waals surface area (Å²) >= 11 is 0. The third-order valence-corrected chi connectivity index (χ3v) is 4.51. The van der Waals surface area contributed by atoms with Crippen molar-refractivity contribution in [2.75, 3.05) is 0 Å². The summed E-state index contributed by atoms with van der Waals surface area (Å²) in [7, 11) is -4.94. The Labute approximate surface area is 183 Å². The molecule has 0 saturated heterocycles. The van der Waals surface area contributed by atoms with Gasteiger partial charge in [-0.25, -0.2) is 23.4 Å². The maximum absolute atomic E-state index is 11.5. The van der Waals surface area contributed by atoms with Gasteiger partial charge in [0.15, 0.2) is 5.69 Å². The van der Waals surface area contributed by atoms with Crippen LogP contribution in [0.25, 0.3) is 22.4 Å². The van der Waals surface area contributed by atoms with E-state index in [-0.39, 0.29) is 6.54 Å². The Morgan fingerprint density at radius 2 is 1.39 bits per heavy atom. The minimum Gasteiger partial charge on any atom is -0.477 e. The van der Waals surface area contributed by atoms with Gasteiger partial charge in [-0.3, -0.25) is 0 Å². The summed E-state index contributed by atoms with van der Waals surface area (Å²) in [4.78, 5) is 11.5. The van der Waals surface area contributed by atoms with Crippen LogP contribution >= 0.6 is 0 Å². The smallest absolute Gasteiger partial charge is 0.370 e. The van der Waals surface area contributed by atoms with Crippen LogP contribution in [0.15, 0.2) is 72.8 Å². The van der Waals surface area contributed by atoms with Gasteiger partial charge < -0.3 is 5.11 Å². The van der Waals surface area contributed by atoms with Crippen molar-refractivity contribution in [1.82, 2.24) is 0 Å². The molecule has 0 amide bonds. The molecule has 3 rings (SSSR count). The van der Waals surface area contributed by atoms with Crippen LogP contribution in [0.3, 0.4) is 0 Å². The van der Waals surface area contributed by atoms with Crippen LogP contribution < -0.4 is 23.2 Å². The fraction of sp³-hybridized carbons (Fsp3) is 0.217. The van der Waals surface area contributed by atoms with E-state index in [1.807, 2.05) is 53.1 Å². The number of nitrogens with zero attached hydrogens (tertiary/aromatic N) is 1. The summed E-state index contributed by atoms with van der Waals surface area (Å²) in [5, 5.41) is 9.45. The maximum Gasteiger partial charge on any atom is 0.370 e. The number of carboxylic acids is 1. The highest BCUT2D eigenvalue weighted by atomic mass is 35.7. The lowest BCUT2D eigenvalue weighted by molar-refractivity contribution is -2.00. The highest BCUT2D eigenvalue weighted by molar-refractivity contribution is 5.70. The van der Waals surface area contributed by atoms with Gasteiger partial charge in [0, 0.05) is 24.1 Å². The zero-order valence-electron chi connectivity index (χ0n) is 17.1. The van der Waals surface area contributed by atoms with Gasteiger partial charge in [0.1, 0.15) is 0 Å². The fourth-order valence-corrected chi connectivity index (χ4v) is 3.21. The van der Waals surface area contributed by atoms with Crippen LogP contribution in [0.4, 0.5) is 0 Å². The van der Waals surface area contributed by atoms with E-state index < -0.39 is 16.2 Å². The highest BCUT2D eigenvalue weighted by Crippen LogP contribution is 2.25. The molecule has 1 N–H and O–H groups in total. The van der Waals surface area contributed by atoms with E-state index in [0.717, 1.165) is 47.3 Å². The highest BCUT2D eigenvalue weighted by Gasteiger charge is 2.23. The minimum absolute atomic E-state index is 0.0294. The lowest BCUT2D eigenvalue weighted by atomic mass is 10.00. The van der Waals surface area contributed by atoms with Crippen molar-refractivity contribution in [3.05, 3.63) is 78.5 Å². The van der Waals surface area contributed by atoms with Crippen molar-refractivity contribution in [3.8, 4) is 22.4 Å². The molecule has 0 atom stereocenters. The molecule has 7 nitrogen and oxygen atoms in total. The normalized spacial score (nSPS) is 10.9. The topological polar surface area (TPSA) is 133 Å². The number of unbranched alkanes of at least 4 members (excludes halogenated alkanes) is 1. The molecule has 8 heteroatoms. The molecule has 0 aliphatic heterocycles. The van der Waals surface area contributed by atoms with Crippen LogP contribution in [0.5, 0.6) is 0 Å². The number of aryl methyl sites for hydroxylation is 1. The Morgan fingerprint density at radius 1 is 0.871 bits per heavy atom. The number of carbonyl (C=O) groups is 1. The predicted octanol–water partition coefficient (Wildman–Crippen LogP) is -0.0207. The second-order valence-electron chi connectivity index (χ2n) is 6.81. The number of pyridine rings is 1. The summed E-state index contributed by atoms with van der Waals surface area (Å²) in [5.41, 5.74) is 5.31. The van der Waals surface area contributed by atoms with Gasteiger partial charge in [0.2, 0.25) is 12.2 Å².